The van der Waals surface area contributed by atoms with E-state index in [0.717, 1.165) is 19.3 Å². The van der Waals surface area contributed by atoms with Gasteiger partial charge in [-0.15, -0.1) is 0 Å². The minimum Gasteiger partial charge on any atom is -0.450 e. The summed E-state index contributed by atoms with van der Waals surface area (Å²) >= 11 is 0. The van der Waals surface area contributed by atoms with Crippen molar-refractivity contribution < 1.29 is 14.3 Å². The van der Waals surface area contributed by atoms with Crippen molar-refractivity contribution in [1.29, 1.82) is 0 Å². The highest BCUT2D eigenvalue weighted by Gasteiger charge is 2.13. The van der Waals surface area contributed by atoms with Crippen LogP contribution < -0.4 is 5.32 Å². The summed E-state index contributed by atoms with van der Waals surface area (Å²) in [5.74, 6) is 0.214. The Kier molecular flexibility index (Phi) is 6.77. The molecule has 4 heteroatoms. The number of ketones is 1. The molecule has 0 bridgehead atoms. The highest BCUT2D eigenvalue weighted by Crippen LogP contribution is 2.02. The van der Waals surface area contributed by atoms with Gasteiger partial charge in [0.05, 0.1) is 6.61 Å². The Bertz CT molecular complexity index is 231. The number of ether oxygens (including phenoxy) is 1. The van der Waals surface area contributed by atoms with Crippen LogP contribution in [0.15, 0.2) is 0 Å². The lowest BCUT2D eigenvalue weighted by Crippen LogP contribution is -2.41. The third-order valence-electron chi connectivity index (χ3n) is 1.88. The molecule has 1 N–H and O–H groups in total. The predicted molar refractivity (Wildman–Crippen MR) is 63.4 cm³/mol. The van der Waals surface area contributed by atoms with Gasteiger partial charge in [0, 0.05) is 12.0 Å². The second-order valence-electron chi connectivity index (χ2n) is 5.02. The topological polar surface area (TPSA) is 55.4 Å². The summed E-state index contributed by atoms with van der Waals surface area (Å²) in [6, 6.07) is 0. The van der Waals surface area contributed by atoms with E-state index in [1.54, 1.807) is 6.92 Å². The molecule has 0 fully saturated rings. The van der Waals surface area contributed by atoms with E-state index < -0.39 is 0 Å². The van der Waals surface area contributed by atoms with Crippen LogP contribution >= 0.6 is 0 Å². The van der Waals surface area contributed by atoms with E-state index in [1.165, 1.54) is 0 Å². The number of hydrogen-bond acceptors (Lipinski definition) is 3. The van der Waals surface area contributed by atoms with Gasteiger partial charge in [-0.25, -0.2) is 4.79 Å². The van der Waals surface area contributed by atoms with Crippen LogP contribution in [0, 0.1) is 0 Å². The van der Waals surface area contributed by atoms with Gasteiger partial charge in [-0.1, -0.05) is 0 Å². The minimum absolute atomic E-state index is 0.214. The lowest BCUT2D eigenvalue weighted by atomic mass is 10.1. The number of carbonyl (C=O) groups excluding carboxylic acids is 2. The molecule has 0 aromatic heterocycles. The van der Waals surface area contributed by atoms with Crippen molar-refractivity contribution >= 4 is 11.9 Å². The summed E-state index contributed by atoms with van der Waals surface area (Å²) in [6.07, 6.45) is 2.85. The molecule has 0 aliphatic rings. The summed E-state index contributed by atoms with van der Waals surface area (Å²) in [7, 11) is 0. The zero-order chi connectivity index (χ0) is 12.6. The third kappa shape index (κ3) is 11.0. The molecule has 0 radical (unpaired) electrons. The van der Waals surface area contributed by atoms with E-state index in [2.05, 4.69) is 5.32 Å². The maximum atomic E-state index is 11.2. The van der Waals surface area contributed by atoms with Crippen molar-refractivity contribution in [1.82, 2.24) is 5.32 Å². The van der Waals surface area contributed by atoms with Gasteiger partial charge in [0.2, 0.25) is 0 Å². The maximum Gasteiger partial charge on any atom is 0.407 e. The molecular weight excluding hydrogens is 206 g/mol. The highest BCUT2D eigenvalue weighted by atomic mass is 16.5. The van der Waals surface area contributed by atoms with Gasteiger partial charge in [-0.2, -0.15) is 0 Å². The highest BCUT2D eigenvalue weighted by molar-refractivity contribution is 5.75. The van der Waals surface area contributed by atoms with Crippen molar-refractivity contribution in [2.45, 2.75) is 58.9 Å². The first-order valence-electron chi connectivity index (χ1n) is 5.75. The molecule has 4 nitrogen and oxygen atoms in total. The van der Waals surface area contributed by atoms with Gasteiger partial charge in [-0.3, -0.25) is 0 Å². The van der Waals surface area contributed by atoms with Crippen molar-refractivity contribution in [3.63, 3.8) is 0 Å². The van der Waals surface area contributed by atoms with E-state index >= 15 is 0 Å². The zero-order valence-electron chi connectivity index (χ0n) is 10.8. The molecule has 0 atom stereocenters. The summed E-state index contributed by atoms with van der Waals surface area (Å²) in [4.78, 5) is 21.9. The first-order valence-corrected chi connectivity index (χ1v) is 5.75. The monoisotopic (exact) mass is 229 g/mol. The molecule has 0 heterocycles. The third-order valence-corrected chi connectivity index (χ3v) is 1.88. The molecule has 0 spiro atoms. The fraction of sp³-hybridized carbons (Fsp3) is 0.833. The average molecular weight is 229 g/mol. The van der Waals surface area contributed by atoms with E-state index in [1.807, 2.05) is 20.8 Å². The van der Waals surface area contributed by atoms with Crippen LogP contribution in [0.4, 0.5) is 4.79 Å². The standard InChI is InChI=1S/C12H23NO3/c1-10(14)8-6-5-7-9-16-11(15)13-12(2,3)4/h5-9H2,1-4H3,(H,13,15). The van der Waals surface area contributed by atoms with Gasteiger partial charge in [0.15, 0.2) is 0 Å². The van der Waals surface area contributed by atoms with E-state index in [4.69, 9.17) is 4.74 Å². The van der Waals surface area contributed by atoms with Gasteiger partial charge < -0.3 is 14.8 Å². The molecule has 0 saturated carbocycles. The Morgan fingerprint density at radius 1 is 1.12 bits per heavy atom. The van der Waals surface area contributed by atoms with Crippen LogP contribution in [0.25, 0.3) is 0 Å². The molecule has 0 aliphatic heterocycles. The van der Waals surface area contributed by atoms with Crippen molar-refractivity contribution in [2.75, 3.05) is 6.61 Å². The quantitative estimate of drug-likeness (QED) is 0.712. The number of rotatable bonds is 6. The SMILES string of the molecule is CC(=O)CCCCCOC(=O)NC(C)(C)C. The average Bonchev–Trinajstić information content (AvgIpc) is 2.07. The number of Topliss-reactive ketones (excluding diaryl/α,β-unsaturated/α-hetero) is 1. The van der Waals surface area contributed by atoms with E-state index in [9.17, 15) is 9.59 Å². The number of hydrogen-bond donors (Lipinski definition) is 1. The Morgan fingerprint density at radius 3 is 2.25 bits per heavy atom. The fourth-order valence-corrected chi connectivity index (χ4v) is 1.16. The smallest absolute Gasteiger partial charge is 0.407 e. The Balaban J connectivity index is 3.38. The first kappa shape index (κ1) is 14.9. The Labute approximate surface area is 97.7 Å². The van der Waals surface area contributed by atoms with Crippen molar-refractivity contribution in [3.8, 4) is 0 Å². The van der Waals surface area contributed by atoms with Gasteiger partial charge in [0.25, 0.3) is 0 Å². The molecule has 16 heavy (non-hydrogen) atoms. The second-order valence-corrected chi connectivity index (χ2v) is 5.02. The lowest BCUT2D eigenvalue weighted by Gasteiger charge is -2.19. The molecule has 0 rings (SSSR count). The normalized spacial score (nSPS) is 11.0. The van der Waals surface area contributed by atoms with Crippen LogP contribution in [-0.2, 0) is 9.53 Å². The molecule has 0 saturated heterocycles. The summed E-state index contributed by atoms with van der Waals surface area (Å²) in [5, 5.41) is 2.71. The molecule has 0 aliphatic carbocycles. The second kappa shape index (κ2) is 7.25. The number of unbranched alkanes of at least 4 members (excludes halogenated alkanes) is 2. The predicted octanol–water partition coefficient (Wildman–Crippen LogP) is 2.66. The molecule has 1 amide bonds. The van der Waals surface area contributed by atoms with Crippen LogP contribution in [0.5, 0.6) is 0 Å². The summed E-state index contributed by atoms with van der Waals surface area (Å²) < 4.78 is 4.99. The largest absolute Gasteiger partial charge is 0.450 e. The van der Waals surface area contributed by atoms with E-state index in [-0.39, 0.29) is 17.4 Å². The number of nitrogens with one attached hydrogen (secondary N) is 1. The van der Waals surface area contributed by atoms with E-state index in [0.29, 0.717) is 13.0 Å². The molecule has 0 aromatic rings. The number of amides is 1. The summed E-state index contributed by atoms with van der Waals surface area (Å²) in [5.41, 5.74) is -0.258. The fourth-order valence-electron chi connectivity index (χ4n) is 1.16. The van der Waals surface area contributed by atoms with Crippen LogP contribution in [-0.4, -0.2) is 24.0 Å². The molecule has 0 unspecified atom stereocenters. The minimum atomic E-state index is -0.376. The first-order chi connectivity index (χ1) is 7.31. The number of carbonyl (C=O) groups is 2. The van der Waals surface area contributed by atoms with Gasteiger partial charge >= 0.3 is 6.09 Å². The Morgan fingerprint density at radius 2 is 1.75 bits per heavy atom. The molecular formula is C12H23NO3. The van der Waals surface area contributed by atoms with Crippen LogP contribution in [0.2, 0.25) is 0 Å². The summed E-state index contributed by atoms with van der Waals surface area (Å²) in [6.45, 7) is 7.72. The zero-order valence-corrected chi connectivity index (χ0v) is 10.8. The Hall–Kier alpha value is -1.06. The van der Waals surface area contributed by atoms with Crippen LogP contribution in [0.1, 0.15) is 53.4 Å². The lowest BCUT2D eigenvalue weighted by molar-refractivity contribution is -0.117. The van der Waals surface area contributed by atoms with Gasteiger partial charge in [-0.05, 0) is 47.0 Å². The maximum absolute atomic E-state index is 11.2. The number of alkyl carbamates (subject to hydrolysis) is 1. The van der Waals surface area contributed by atoms with Crippen LogP contribution in [0.3, 0.4) is 0 Å². The molecule has 0 aromatic carbocycles. The molecule has 94 valence electrons. The van der Waals surface area contributed by atoms with Crippen molar-refractivity contribution in [2.24, 2.45) is 0 Å². The van der Waals surface area contributed by atoms with Gasteiger partial charge in [0.1, 0.15) is 5.78 Å². The van der Waals surface area contributed by atoms with Crippen molar-refractivity contribution in [3.05, 3.63) is 0 Å².